The Morgan fingerprint density at radius 2 is 1.88 bits per heavy atom. The van der Waals surface area contributed by atoms with Gasteiger partial charge >= 0.3 is 5.97 Å². The van der Waals surface area contributed by atoms with E-state index in [2.05, 4.69) is 78.8 Å². The van der Waals surface area contributed by atoms with Crippen molar-refractivity contribution >= 4 is 18.6 Å². The molecule has 0 spiro atoms. The summed E-state index contributed by atoms with van der Waals surface area (Å²) < 4.78 is 0. The highest BCUT2D eigenvalue weighted by molar-refractivity contribution is 7.84. The third-order valence-electron chi connectivity index (χ3n) is 6.75. The van der Waals surface area contributed by atoms with Crippen LogP contribution >= 0.6 is 12.6 Å². The second kappa shape index (κ2) is 12.6. The van der Waals surface area contributed by atoms with E-state index in [-0.39, 0.29) is 23.4 Å². The summed E-state index contributed by atoms with van der Waals surface area (Å²) in [4.78, 5) is 12.1. The van der Waals surface area contributed by atoms with E-state index in [4.69, 9.17) is 17.7 Å². The zero-order valence-corrected chi connectivity index (χ0v) is 22.1. The molecular formula is C28H44O3S. The molecule has 0 fully saturated rings. The second-order valence-corrected chi connectivity index (χ2v) is 10.6. The molecule has 32 heavy (non-hydrogen) atoms. The van der Waals surface area contributed by atoms with Crippen LogP contribution in [-0.2, 0) is 4.79 Å². The normalized spacial score (nSPS) is 17.3. The van der Waals surface area contributed by atoms with Gasteiger partial charge in [-0.3, -0.25) is 4.79 Å². The summed E-state index contributed by atoms with van der Waals surface area (Å²) >= 11 is 4.99. The SMILES string of the molecule is CCC(CC)(C1=CC(C)=C(CCC(=O)O)CC=C1)/C(S)=C/C(C)=C/CCC(O)C(C)(C)C. The number of aliphatic hydroxyl groups is 1. The summed E-state index contributed by atoms with van der Waals surface area (Å²) in [6.07, 6.45) is 15.6. The van der Waals surface area contributed by atoms with E-state index in [9.17, 15) is 9.90 Å². The maximum Gasteiger partial charge on any atom is 0.303 e. The number of carboxylic acid groups (broad SMARTS) is 1. The predicted octanol–water partition coefficient (Wildman–Crippen LogP) is 7.81. The van der Waals surface area contributed by atoms with Gasteiger partial charge in [0.15, 0.2) is 0 Å². The van der Waals surface area contributed by atoms with Gasteiger partial charge in [0.05, 0.1) is 6.10 Å². The Morgan fingerprint density at radius 1 is 1.25 bits per heavy atom. The lowest BCUT2D eigenvalue weighted by molar-refractivity contribution is -0.136. The van der Waals surface area contributed by atoms with Gasteiger partial charge in [0, 0.05) is 11.8 Å². The molecule has 0 aromatic carbocycles. The average Bonchev–Trinajstić information content (AvgIpc) is 2.88. The van der Waals surface area contributed by atoms with Crippen molar-refractivity contribution in [2.24, 2.45) is 10.8 Å². The molecular weight excluding hydrogens is 416 g/mol. The molecule has 1 unspecified atom stereocenters. The van der Waals surface area contributed by atoms with Crippen LogP contribution in [0.25, 0.3) is 0 Å². The number of aliphatic carboxylic acids is 1. The van der Waals surface area contributed by atoms with Gasteiger partial charge in [-0.15, -0.1) is 12.6 Å². The number of carboxylic acids is 1. The van der Waals surface area contributed by atoms with E-state index >= 15 is 0 Å². The Bertz CT molecular complexity index is 799. The summed E-state index contributed by atoms with van der Waals surface area (Å²) in [5, 5.41) is 19.3. The number of hydrogen-bond acceptors (Lipinski definition) is 3. The Hall–Kier alpha value is -1.52. The first-order valence-corrected chi connectivity index (χ1v) is 12.4. The summed E-state index contributed by atoms with van der Waals surface area (Å²) in [6.45, 7) is 14.8. The highest BCUT2D eigenvalue weighted by atomic mass is 32.1. The van der Waals surface area contributed by atoms with E-state index in [0.29, 0.717) is 6.42 Å². The van der Waals surface area contributed by atoms with Crippen LogP contribution in [0, 0.1) is 10.8 Å². The molecule has 2 N–H and O–H groups in total. The minimum Gasteiger partial charge on any atom is -0.481 e. The zero-order chi connectivity index (χ0) is 24.5. The summed E-state index contributed by atoms with van der Waals surface area (Å²) in [6, 6.07) is 0. The lowest BCUT2D eigenvalue weighted by atomic mass is 9.73. The molecule has 0 radical (unpaired) electrons. The first-order chi connectivity index (χ1) is 14.9. The third kappa shape index (κ3) is 8.12. The van der Waals surface area contributed by atoms with Crippen molar-refractivity contribution in [1.29, 1.82) is 0 Å². The van der Waals surface area contributed by atoms with E-state index in [1.807, 2.05) is 0 Å². The Morgan fingerprint density at radius 3 is 2.41 bits per heavy atom. The highest BCUT2D eigenvalue weighted by Crippen LogP contribution is 2.46. The van der Waals surface area contributed by atoms with Gasteiger partial charge in [-0.05, 0) is 74.3 Å². The smallest absolute Gasteiger partial charge is 0.303 e. The van der Waals surface area contributed by atoms with Crippen molar-refractivity contribution in [2.45, 2.75) is 99.5 Å². The third-order valence-corrected chi connectivity index (χ3v) is 7.31. The van der Waals surface area contributed by atoms with Crippen LogP contribution in [0.5, 0.6) is 0 Å². The molecule has 0 heterocycles. The van der Waals surface area contributed by atoms with Crippen molar-refractivity contribution in [3.63, 3.8) is 0 Å². The first-order valence-electron chi connectivity index (χ1n) is 11.9. The van der Waals surface area contributed by atoms with Crippen LogP contribution in [0.15, 0.2) is 57.6 Å². The van der Waals surface area contributed by atoms with E-state index < -0.39 is 5.97 Å². The minimum atomic E-state index is -0.753. The molecule has 1 aliphatic rings. The van der Waals surface area contributed by atoms with Crippen LogP contribution in [0.1, 0.15) is 93.4 Å². The predicted molar refractivity (Wildman–Crippen MR) is 140 cm³/mol. The monoisotopic (exact) mass is 460 g/mol. The molecule has 0 aromatic rings. The van der Waals surface area contributed by atoms with Gasteiger partial charge < -0.3 is 10.2 Å². The molecule has 0 amide bonds. The zero-order valence-electron chi connectivity index (χ0n) is 21.2. The van der Waals surface area contributed by atoms with Crippen LogP contribution in [0.3, 0.4) is 0 Å². The van der Waals surface area contributed by atoms with Gasteiger partial charge in [0.2, 0.25) is 0 Å². The molecule has 0 saturated heterocycles. The quantitative estimate of drug-likeness (QED) is 0.218. The lowest BCUT2D eigenvalue weighted by Gasteiger charge is -2.34. The average molecular weight is 461 g/mol. The molecule has 3 nitrogen and oxygen atoms in total. The maximum atomic E-state index is 11.0. The van der Waals surface area contributed by atoms with Crippen molar-refractivity contribution < 1.29 is 15.0 Å². The van der Waals surface area contributed by atoms with E-state index in [0.717, 1.165) is 42.6 Å². The molecule has 1 rings (SSSR count). The Balaban J connectivity index is 3.17. The second-order valence-electron chi connectivity index (χ2n) is 10.1. The summed E-state index contributed by atoms with van der Waals surface area (Å²) in [5.74, 6) is -0.753. The molecule has 1 atom stereocenters. The fraction of sp³-hybridized carbons (Fsp3) is 0.607. The maximum absolute atomic E-state index is 11.0. The highest BCUT2D eigenvalue weighted by Gasteiger charge is 2.32. The van der Waals surface area contributed by atoms with Gasteiger partial charge in [-0.2, -0.15) is 0 Å². The van der Waals surface area contributed by atoms with Crippen LogP contribution in [0.2, 0.25) is 0 Å². The van der Waals surface area contributed by atoms with Crippen LogP contribution < -0.4 is 0 Å². The number of carbonyl (C=O) groups is 1. The molecule has 0 saturated carbocycles. The molecule has 4 heteroatoms. The van der Waals surface area contributed by atoms with Gasteiger partial charge in [-0.25, -0.2) is 0 Å². The molecule has 1 aliphatic carbocycles. The van der Waals surface area contributed by atoms with Crippen molar-refractivity contribution in [3.05, 3.63) is 57.6 Å². The number of thiol groups is 1. The fourth-order valence-electron chi connectivity index (χ4n) is 4.21. The Labute approximate surface area is 201 Å². The van der Waals surface area contributed by atoms with Crippen molar-refractivity contribution in [2.75, 3.05) is 0 Å². The van der Waals surface area contributed by atoms with Crippen LogP contribution in [-0.4, -0.2) is 22.3 Å². The summed E-state index contributed by atoms with van der Waals surface area (Å²) in [5.41, 5.74) is 4.49. The van der Waals surface area contributed by atoms with Crippen LogP contribution in [0.4, 0.5) is 0 Å². The van der Waals surface area contributed by atoms with Gasteiger partial charge in [0.1, 0.15) is 0 Å². The molecule has 0 bridgehead atoms. The largest absolute Gasteiger partial charge is 0.481 e. The molecule has 180 valence electrons. The lowest BCUT2D eigenvalue weighted by Crippen LogP contribution is -2.25. The Kier molecular flexibility index (Phi) is 11.3. The molecule has 0 aliphatic heterocycles. The van der Waals surface area contributed by atoms with Gasteiger partial charge in [0.25, 0.3) is 0 Å². The van der Waals surface area contributed by atoms with Crippen molar-refractivity contribution in [3.8, 4) is 0 Å². The minimum absolute atomic E-state index is 0.0984. The molecule has 0 aromatic heterocycles. The van der Waals surface area contributed by atoms with E-state index in [1.165, 1.54) is 16.7 Å². The topological polar surface area (TPSA) is 57.5 Å². The number of rotatable bonds is 11. The van der Waals surface area contributed by atoms with E-state index in [1.54, 1.807) is 0 Å². The number of hydrogen-bond donors (Lipinski definition) is 3. The van der Waals surface area contributed by atoms with Crippen molar-refractivity contribution in [1.82, 2.24) is 0 Å². The fourth-order valence-corrected chi connectivity index (χ4v) is 4.86. The number of allylic oxidation sites excluding steroid dienone is 10. The number of aliphatic hydroxyl groups excluding tert-OH is 1. The van der Waals surface area contributed by atoms with Gasteiger partial charge in [-0.1, -0.05) is 75.6 Å². The first kappa shape index (κ1) is 28.5. The standard InChI is InChI=1S/C28H44O3S/c1-8-28(9-2,23-14-11-13-22(21(4)19-23)16-17-26(30)31)25(32)18-20(3)12-10-15-24(29)27(5,6)7/h11-12,14,18-19,24,29,32H,8-10,13,15-17H2,1-7H3,(H,30,31)/b20-12+,25-18-. The summed E-state index contributed by atoms with van der Waals surface area (Å²) in [7, 11) is 0.